The zero-order valence-corrected chi connectivity index (χ0v) is 4.61. The van der Waals surface area contributed by atoms with Crippen molar-refractivity contribution in [1.82, 2.24) is 0 Å². The highest BCUT2D eigenvalue weighted by Gasteiger charge is 2.14. The fourth-order valence-corrected chi connectivity index (χ4v) is 0.479. The minimum atomic E-state index is -1.30. The third-order valence-corrected chi connectivity index (χ3v) is 0.985. The van der Waals surface area contributed by atoms with Gasteiger partial charge in [-0.15, -0.1) is 0 Å². The van der Waals surface area contributed by atoms with Gasteiger partial charge >= 0.3 is 0 Å². The quantitative estimate of drug-likeness (QED) is 0.415. The van der Waals surface area contributed by atoms with E-state index in [1.807, 2.05) is 0 Å². The van der Waals surface area contributed by atoms with Crippen LogP contribution in [0, 0.1) is 0 Å². The van der Waals surface area contributed by atoms with Gasteiger partial charge in [0.1, 0.15) is 0 Å². The number of allylic oxidation sites excluding steroid dienone is 1. The lowest BCUT2D eigenvalue weighted by atomic mass is 10.3. The largest absolute Gasteiger partial charge is 0.505 e. The van der Waals surface area contributed by atoms with Gasteiger partial charge in [-0.1, -0.05) is 0 Å². The molecule has 0 saturated heterocycles. The van der Waals surface area contributed by atoms with Crippen LogP contribution < -0.4 is 5.73 Å². The van der Waals surface area contributed by atoms with Crippen LogP contribution in [-0.4, -0.2) is 16.5 Å². The Bertz CT molecular complexity index is 173. The Morgan fingerprint density at radius 3 is 2.78 bits per heavy atom. The molecule has 1 aliphatic heterocycles. The van der Waals surface area contributed by atoms with Crippen LogP contribution >= 0.6 is 0 Å². The molecule has 4 heteroatoms. The van der Waals surface area contributed by atoms with Gasteiger partial charge in [-0.05, 0) is 6.08 Å². The molecule has 1 rings (SSSR count). The lowest BCUT2D eigenvalue weighted by molar-refractivity contribution is -0.0521. The van der Waals surface area contributed by atoms with E-state index in [2.05, 4.69) is 4.74 Å². The number of hydrogen-bond acceptors (Lipinski definition) is 4. The SMILES string of the molecule is NC1=C(O)C(O)OC=C1. The molecular weight excluding hydrogens is 122 g/mol. The van der Waals surface area contributed by atoms with Crippen molar-refractivity contribution in [2.75, 3.05) is 0 Å². The van der Waals surface area contributed by atoms with E-state index >= 15 is 0 Å². The molecule has 1 heterocycles. The molecule has 0 radical (unpaired) electrons. The molecule has 0 fully saturated rings. The molecule has 1 atom stereocenters. The lowest BCUT2D eigenvalue weighted by Crippen LogP contribution is -2.19. The summed E-state index contributed by atoms with van der Waals surface area (Å²) in [6.45, 7) is 0. The summed E-state index contributed by atoms with van der Waals surface area (Å²) in [5.74, 6) is -0.336. The third kappa shape index (κ3) is 0.972. The van der Waals surface area contributed by atoms with Gasteiger partial charge in [0.2, 0.25) is 0 Å². The summed E-state index contributed by atoms with van der Waals surface area (Å²) in [6, 6.07) is 0. The second-order valence-electron chi connectivity index (χ2n) is 1.63. The Morgan fingerprint density at radius 2 is 2.33 bits per heavy atom. The number of nitrogens with two attached hydrogens (primary N) is 1. The van der Waals surface area contributed by atoms with E-state index in [4.69, 9.17) is 15.9 Å². The Labute approximate surface area is 51.9 Å². The van der Waals surface area contributed by atoms with Crippen molar-refractivity contribution in [2.24, 2.45) is 5.73 Å². The van der Waals surface area contributed by atoms with Gasteiger partial charge in [0, 0.05) is 0 Å². The van der Waals surface area contributed by atoms with Gasteiger partial charge in [-0.25, -0.2) is 0 Å². The van der Waals surface area contributed by atoms with Gasteiger partial charge in [0.05, 0.1) is 12.0 Å². The van der Waals surface area contributed by atoms with Crippen molar-refractivity contribution < 1.29 is 14.9 Å². The van der Waals surface area contributed by atoms with Crippen molar-refractivity contribution in [2.45, 2.75) is 6.29 Å². The normalized spacial score (nSPS) is 26.1. The Kier molecular flexibility index (Phi) is 1.32. The van der Waals surface area contributed by atoms with Crippen LogP contribution in [-0.2, 0) is 4.74 Å². The van der Waals surface area contributed by atoms with E-state index in [-0.39, 0.29) is 11.5 Å². The van der Waals surface area contributed by atoms with Crippen molar-refractivity contribution in [3.8, 4) is 0 Å². The maximum absolute atomic E-state index is 8.77. The third-order valence-electron chi connectivity index (χ3n) is 0.985. The molecule has 0 aliphatic carbocycles. The van der Waals surface area contributed by atoms with Crippen LogP contribution in [0.15, 0.2) is 23.8 Å². The summed E-state index contributed by atoms with van der Waals surface area (Å²) >= 11 is 0. The van der Waals surface area contributed by atoms with E-state index in [1.54, 1.807) is 0 Å². The highest BCUT2D eigenvalue weighted by atomic mass is 16.6. The summed E-state index contributed by atoms with van der Waals surface area (Å²) in [6.07, 6.45) is 1.29. The van der Waals surface area contributed by atoms with Gasteiger partial charge in [0.25, 0.3) is 6.29 Å². The van der Waals surface area contributed by atoms with Gasteiger partial charge in [-0.2, -0.15) is 0 Å². The number of rotatable bonds is 0. The first kappa shape index (κ1) is 5.97. The van der Waals surface area contributed by atoms with Gasteiger partial charge < -0.3 is 20.7 Å². The summed E-state index contributed by atoms with van der Waals surface area (Å²) in [7, 11) is 0. The fraction of sp³-hybridized carbons (Fsp3) is 0.200. The standard InChI is InChI=1S/C5H7NO3/c6-3-1-2-9-5(8)4(3)7/h1-2,5,7-8H,6H2. The highest BCUT2D eigenvalue weighted by molar-refractivity contribution is 5.20. The first-order valence-electron chi connectivity index (χ1n) is 2.40. The smallest absolute Gasteiger partial charge is 0.257 e. The molecule has 0 aromatic carbocycles. The zero-order chi connectivity index (χ0) is 6.85. The second kappa shape index (κ2) is 1.99. The number of ether oxygens (including phenoxy) is 1. The van der Waals surface area contributed by atoms with Crippen LogP contribution in [0.4, 0.5) is 0 Å². The average Bonchev–Trinajstić information content (AvgIpc) is 1.83. The number of aliphatic hydroxyl groups excluding tert-OH is 2. The number of hydrogen-bond donors (Lipinski definition) is 3. The highest BCUT2D eigenvalue weighted by Crippen LogP contribution is 2.09. The monoisotopic (exact) mass is 129 g/mol. The van der Waals surface area contributed by atoms with Crippen molar-refractivity contribution >= 4 is 0 Å². The summed E-state index contributed by atoms with van der Waals surface area (Å²) < 4.78 is 4.45. The molecule has 0 aromatic heterocycles. The summed E-state index contributed by atoms with van der Waals surface area (Å²) in [5.41, 5.74) is 5.30. The molecular formula is C5H7NO3. The van der Waals surface area contributed by atoms with E-state index in [1.165, 1.54) is 12.3 Å². The average molecular weight is 129 g/mol. The topological polar surface area (TPSA) is 75.7 Å². The van der Waals surface area contributed by atoms with Crippen LogP contribution in [0.25, 0.3) is 0 Å². The van der Waals surface area contributed by atoms with E-state index in [9.17, 15) is 0 Å². The Hall–Kier alpha value is -1.16. The van der Waals surface area contributed by atoms with Crippen molar-refractivity contribution in [3.05, 3.63) is 23.8 Å². The predicted octanol–water partition coefficient (Wildman–Crippen LogP) is -0.423. The Balaban J connectivity index is 2.83. The lowest BCUT2D eigenvalue weighted by Gasteiger charge is -2.13. The summed E-state index contributed by atoms with van der Waals surface area (Å²) in [5, 5.41) is 17.5. The van der Waals surface area contributed by atoms with Gasteiger partial charge in [0.15, 0.2) is 5.76 Å². The molecule has 50 valence electrons. The molecule has 0 spiro atoms. The first-order valence-corrected chi connectivity index (χ1v) is 2.40. The maximum Gasteiger partial charge on any atom is 0.257 e. The first-order chi connectivity index (χ1) is 4.22. The van der Waals surface area contributed by atoms with Gasteiger partial charge in [-0.3, -0.25) is 0 Å². The summed E-state index contributed by atoms with van der Waals surface area (Å²) in [4.78, 5) is 0. The van der Waals surface area contributed by atoms with E-state index in [0.717, 1.165) is 0 Å². The second-order valence-corrected chi connectivity index (χ2v) is 1.63. The van der Waals surface area contributed by atoms with Crippen LogP contribution in [0.5, 0.6) is 0 Å². The molecule has 9 heavy (non-hydrogen) atoms. The molecule has 0 bridgehead atoms. The minimum Gasteiger partial charge on any atom is -0.505 e. The van der Waals surface area contributed by atoms with E-state index < -0.39 is 6.29 Å². The fourth-order valence-electron chi connectivity index (χ4n) is 0.479. The van der Waals surface area contributed by atoms with Crippen LogP contribution in [0.1, 0.15) is 0 Å². The van der Waals surface area contributed by atoms with Crippen LogP contribution in [0.3, 0.4) is 0 Å². The molecule has 1 unspecified atom stereocenters. The predicted molar refractivity (Wildman–Crippen MR) is 30.1 cm³/mol. The van der Waals surface area contributed by atoms with E-state index in [0.29, 0.717) is 0 Å². The molecule has 0 saturated carbocycles. The van der Waals surface area contributed by atoms with Crippen molar-refractivity contribution in [3.63, 3.8) is 0 Å². The maximum atomic E-state index is 8.77. The zero-order valence-electron chi connectivity index (χ0n) is 4.61. The minimum absolute atomic E-state index is 0.133. The number of aliphatic hydroxyl groups is 2. The van der Waals surface area contributed by atoms with Crippen molar-refractivity contribution in [1.29, 1.82) is 0 Å². The molecule has 0 aromatic rings. The van der Waals surface area contributed by atoms with Crippen LogP contribution in [0.2, 0.25) is 0 Å². The molecule has 0 amide bonds. The Morgan fingerprint density at radius 1 is 1.67 bits per heavy atom. The molecule has 4 N–H and O–H groups in total. The molecule has 1 aliphatic rings. The molecule has 4 nitrogen and oxygen atoms in total.